The van der Waals surface area contributed by atoms with Crippen LogP contribution in [0.5, 0.6) is 5.75 Å². The smallest absolute Gasteiger partial charge is 0.237 e. The van der Waals surface area contributed by atoms with Gasteiger partial charge < -0.3 is 9.30 Å². The first-order valence-corrected chi connectivity index (χ1v) is 9.39. The summed E-state index contributed by atoms with van der Waals surface area (Å²) in [6.45, 7) is 4.97. The Hall–Kier alpha value is -2.47. The van der Waals surface area contributed by atoms with Gasteiger partial charge in [0.15, 0.2) is 5.16 Å². The fraction of sp³-hybridized carbons (Fsp3) is 0.263. The van der Waals surface area contributed by atoms with Crippen LogP contribution in [0, 0.1) is 0 Å². The van der Waals surface area contributed by atoms with Crippen molar-refractivity contribution < 1.29 is 4.74 Å². The largest absolute Gasteiger partial charge is 0.493 e. The highest BCUT2D eigenvalue weighted by molar-refractivity contribution is 7.99. The molecule has 5 nitrogen and oxygen atoms in total. The zero-order valence-corrected chi connectivity index (χ0v) is 15.1. The molecule has 0 atom stereocenters. The molecule has 0 aliphatic heterocycles. The molecule has 0 spiro atoms. The Morgan fingerprint density at radius 3 is 2.44 bits per heavy atom. The average Bonchev–Trinajstić information content (AvgIpc) is 3.17. The summed E-state index contributed by atoms with van der Waals surface area (Å²) < 4.78 is 10.1. The van der Waals surface area contributed by atoms with E-state index in [1.165, 1.54) is 5.52 Å². The Morgan fingerprint density at radius 2 is 1.68 bits per heavy atom. The van der Waals surface area contributed by atoms with E-state index in [9.17, 15) is 0 Å². The average molecular weight is 352 g/mol. The quantitative estimate of drug-likeness (QED) is 0.380. The minimum Gasteiger partial charge on any atom is -0.493 e. The normalized spacial score (nSPS) is 11.6. The van der Waals surface area contributed by atoms with E-state index >= 15 is 0 Å². The molecule has 0 saturated heterocycles. The summed E-state index contributed by atoms with van der Waals surface area (Å²) in [6, 6.07) is 18.6. The predicted molar refractivity (Wildman–Crippen MR) is 102 cm³/mol. The van der Waals surface area contributed by atoms with E-state index < -0.39 is 0 Å². The van der Waals surface area contributed by atoms with Crippen LogP contribution in [0.2, 0.25) is 0 Å². The molecule has 0 unspecified atom stereocenters. The van der Waals surface area contributed by atoms with Gasteiger partial charge in [-0.3, -0.25) is 4.40 Å². The summed E-state index contributed by atoms with van der Waals surface area (Å²) in [6.07, 6.45) is 0. The zero-order valence-electron chi connectivity index (χ0n) is 14.3. The van der Waals surface area contributed by atoms with Crippen LogP contribution in [0.1, 0.15) is 19.9 Å². The number of benzene rings is 2. The van der Waals surface area contributed by atoms with Crippen molar-refractivity contribution in [2.45, 2.75) is 25.0 Å². The molecule has 6 heteroatoms. The molecule has 25 heavy (non-hydrogen) atoms. The maximum atomic E-state index is 5.76. The molecule has 2 aromatic heterocycles. The molecule has 0 fully saturated rings. The van der Waals surface area contributed by atoms with Crippen molar-refractivity contribution in [2.75, 3.05) is 12.4 Å². The van der Waals surface area contributed by atoms with Crippen molar-refractivity contribution in [2.24, 2.45) is 0 Å². The summed E-state index contributed by atoms with van der Waals surface area (Å²) in [4.78, 5) is 0. The van der Waals surface area contributed by atoms with Crippen LogP contribution >= 0.6 is 11.8 Å². The number of thioether (sulfide) groups is 1. The van der Waals surface area contributed by atoms with E-state index in [1.54, 1.807) is 11.8 Å². The first-order valence-electron chi connectivity index (χ1n) is 8.40. The molecule has 0 radical (unpaired) electrons. The van der Waals surface area contributed by atoms with E-state index in [1.807, 2.05) is 30.3 Å². The fourth-order valence-corrected chi connectivity index (χ4v) is 3.76. The fourth-order valence-electron chi connectivity index (χ4n) is 3.01. The first kappa shape index (κ1) is 16.0. The molecule has 0 amide bonds. The predicted octanol–water partition coefficient (Wildman–Crippen LogP) is 4.44. The van der Waals surface area contributed by atoms with Crippen molar-refractivity contribution in [1.82, 2.24) is 19.2 Å². The number of aromatic nitrogens is 4. The zero-order chi connectivity index (χ0) is 17.2. The maximum Gasteiger partial charge on any atom is 0.237 e. The van der Waals surface area contributed by atoms with Gasteiger partial charge in [0.1, 0.15) is 5.75 Å². The molecular weight excluding hydrogens is 332 g/mol. The molecular formula is C19H20N4OS. The van der Waals surface area contributed by atoms with Crippen LogP contribution < -0.4 is 4.74 Å². The van der Waals surface area contributed by atoms with E-state index in [2.05, 4.69) is 57.3 Å². The Morgan fingerprint density at radius 1 is 0.960 bits per heavy atom. The van der Waals surface area contributed by atoms with Crippen molar-refractivity contribution in [3.63, 3.8) is 0 Å². The standard InChI is InChI=1S/C19H20N4OS/c1-14(2)22-16-10-6-7-11-17(16)23-18(22)20-21-19(23)25-13-12-24-15-8-4-3-5-9-15/h3-11,14H,12-13H2,1-2H3. The van der Waals surface area contributed by atoms with Crippen molar-refractivity contribution in [1.29, 1.82) is 0 Å². The molecule has 0 saturated carbocycles. The molecule has 0 aliphatic carbocycles. The highest BCUT2D eigenvalue weighted by Crippen LogP contribution is 2.28. The van der Waals surface area contributed by atoms with Gasteiger partial charge in [-0.2, -0.15) is 0 Å². The van der Waals surface area contributed by atoms with Crippen molar-refractivity contribution >= 4 is 28.6 Å². The summed E-state index contributed by atoms with van der Waals surface area (Å²) >= 11 is 1.67. The van der Waals surface area contributed by atoms with Gasteiger partial charge in [-0.25, -0.2) is 0 Å². The van der Waals surface area contributed by atoms with Gasteiger partial charge in [-0.1, -0.05) is 42.1 Å². The summed E-state index contributed by atoms with van der Waals surface area (Å²) in [7, 11) is 0. The van der Waals surface area contributed by atoms with Crippen LogP contribution in [0.4, 0.5) is 0 Å². The minimum atomic E-state index is 0.325. The van der Waals surface area contributed by atoms with Gasteiger partial charge in [-0.05, 0) is 38.1 Å². The first-order chi connectivity index (χ1) is 12.3. The number of para-hydroxylation sites is 3. The Bertz CT molecular complexity index is 991. The van der Waals surface area contributed by atoms with E-state index in [0.717, 1.165) is 28.0 Å². The van der Waals surface area contributed by atoms with E-state index in [4.69, 9.17) is 4.74 Å². The monoisotopic (exact) mass is 352 g/mol. The molecule has 4 aromatic rings. The highest BCUT2D eigenvalue weighted by atomic mass is 32.2. The topological polar surface area (TPSA) is 44.4 Å². The number of imidazole rings is 1. The van der Waals surface area contributed by atoms with Crippen LogP contribution in [-0.2, 0) is 0 Å². The Kier molecular flexibility index (Phi) is 4.36. The summed E-state index contributed by atoms with van der Waals surface area (Å²) in [5.74, 6) is 2.60. The lowest BCUT2D eigenvalue weighted by atomic mass is 10.3. The van der Waals surface area contributed by atoms with Gasteiger partial charge in [-0.15, -0.1) is 10.2 Å². The minimum absolute atomic E-state index is 0.325. The summed E-state index contributed by atoms with van der Waals surface area (Å²) in [5.41, 5.74) is 2.33. The van der Waals surface area contributed by atoms with Crippen molar-refractivity contribution in [3.8, 4) is 5.75 Å². The third-order valence-electron chi connectivity index (χ3n) is 4.06. The van der Waals surface area contributed by atoms with Crippen LogP contribution in [0.15, 0.2) is 59.8 Å². The molecule has 0 bridgehead atoms. The second-order valence-electron chi connectivity index (χ2n) is 6.08. The van der Waals surface area contributed by atoms with E-state index in [-0.39, 0.29) is 0 Å². The second kappa shape index (κ2) is 6.80. The third-order valence-corrected chi connectivity index (χ3v) is 4.95. The molecule has 128 valence electrons. The van der Waals surface area contributed by atoms with E-state index in [0.29, 0.717) is 12.6 Å². The van der Waals surface area contributed by atoms with Gasteiger partial charge in [0, 0.05) is 11.8 Å². The van der Waals surface area contributed by atoms with Gasteiger partial charge in [0.05, 0.1) is 17.6 Å². The lowest BCUT2D eigenvalue weighted by molar-refractivity contribution is 0.344. The SMILES string of the molecule is CC(C)n1c2ccccc2n2c(SCCOc3ccccc3)nnc12. The van der Waals surface area contributed by atoms with Crippen LogP contribution in [0.25, 0.3) is 16.8 Å². The molecule has 2 aromatic carbocycles. The van der Waals surface area contributed by atoms with Gasteiger partial charge >= 0.3 is 0 Å². The number of fused-ring (bicyclic) bond motifs is 3. The van der Waals surface area contributed by atoms with Crippen LogP contribution in [0.3, 0.4) is 0 Å². The molecule has 2 heterocycles. The lowest BCUT2D eigenvalue weighted by Gasteiger charge is -2.07. The van der Waals surface area contributed by atoms with Gasteiger partial charge in [0.25, 0.3) is 0 Å². The number of hydrogen-bond donors (Lipinski definition) is 0. The van der Waals surface area contributed by atoms with Crippen molar-refractivity contribution in [3.05, 3.63) is 54.6 Å². The molecule has 0 N–H and O–H groups in total. The number of ether oxygens (including phenoxy) is 1. The lowest BCUT2D eigenvalue weighted by Crippen LogP contribution is -2.01. The molecule has 0 aliphatic rings. The second-order valence-corrected chi connectivity index (χ2v) is 7.14. The summed E-state index contributed by atoms with van der Waals surface area (Å²) in [5, 5.41) is 9.73. The molecule has 4 rings (SSSR count). The maximum absolute atomic E-state index is 5.76. The number of hydrogen-bond acceptors (Lipinski definition) is 4. The Balaban J connectivity index is 1.57. The number of nitrogens with zero attached hydrogens (tertiary/aromatic N) is 4. The highest BCUT2D eigenvalue weighted by Gasteiger charge is 2.18. The van der Waals surface area contributed by atoms with Gasteiger partial charge in [0.2, 0.25) is 5.78 Å². The third kappa shape index (κ3) is 2.98. The Labute approximate surface area is 150 Å². The van der Waals surface area contributed by atoms with Crippen LogP contribution in [-0.4, -0.2) is 31.5 Å². The number of rotatable bonds is 6.